The summed E-state index contributed by atoms with van der Waals surface area (Å²) in [4.78, 5) is 2.50. The van der Waals surface area contributed by atoms with Crippen molar-refractivity contribution in [2.45, 2.75) is 32.9 Å². The number of hydrogen-bond acceptors (Lipinski definition) is 3. The van der Waals surface area contributed by atoms with Crippen molar-refractivity contribution in [3.63, 3.8) is 0 Å². The van der Waals surface area contributed by atoms with Crippen molar-refractivity contribution in [3.8, 4) is 0 Å². The van der Waals surface area contributed by atoms with Crippen LogP contribution in [0.4, 0.5) is 0 Å². The van der Waals surface area contributed by atoms with E-state index in [9.17, 15) is 0 Å². The Morgan fingerprint density at radius 3 is 3.00 bits per heavy atom. The molecule has 1 atom stereocenters. The molecule has 2 rings (SSSR count). The summed E-state index contributed by atoms with van der Waals surface area (Å²) < 4.78 is 1.99. The largest absolute Gasteiger partial charge is 0.330 e. The van der Waals surface area contributed by atoms with Crippen molar-refractivity contribution in [3.05, 3.63) is 18.0 Å². The quantitative estimate of drug-likeness (QED) is 0.890. The number of aromatic nitrogens is 2. The highest BCUT2D eigenvalue weighted by Gasteiger charge is 2.18. The van der Waals surface area contributed by atoms with Gasteiger partial charge in [0.2, 0.25) is 0 Å². The molecule has 2 N–H and O–H groups in total. The van der Waals surface area contributed by atoms with Crippen molar-refractivity contribution >= 4 is 12.4 Å². The monoisotopic (exact) mass is 258 g/mol. The number of halogens is 1. The van der Waals surface area contributed by atoms with E-state index in [2.05, 4.69) is 23.1 Å². The van der Waals surface area contributed by atoms with Crippen LogP contribution in [0.3, 0.4) is 0 Å². The lowest BCUT2D eigenvalue weighted by Gasteiger charge is -2.31. The molecule has 98 valence electrons. The van der Waals surface area contributed by atoms with Crippen molar-refractivity contribution in [2.75, 3.05) is 19.6 Å². The minimum Gasteiger partial charge on any atom is -0.330 e. The first kappa shape index (κ1) is 14.5. The van der Waals surface area contributed by atoms with E-state index in [-0.39, 0.29) is 12.4 Å². The Labute approximate surface area is 110 Å². The highest BCUT2D eigenvalue weighted by atomic mass is 35.5. The standard InChI is InChI=1S/C12H22N4.ClH/c1-2-16-10-12(7-14-16)9-15-5-3-4-11(6-13)8-15;/h7,10-11H,2-6,8-9,13H2,1H3;1H. The van der Waals surface area contributed by atoms with Gasteiger partial charge in [0, 0.05) is 31.4 Å². The number of rotatable bonds is 4. The smallest absolute Gasteiger partial charge is 0.0534 e. The molecule has 1 unspecified atom stereocenters. The van der Waals surface area contributed by atoms with Crippen molar-refractivity contribution < 1.29 is 0 Å². The molecule has 0 bridgehead atoms. The molecule has 0 spiro atoms. The zero-order chi connectivity index (χ0) is 11.4. The van der Waals surface area contributed by atoms with Gasteiger partial charge in [0.05, 0.1) is 6.20 Å². The van der Waals surface area contributed by atoms with Gasteiger partial charge in [-0.25, -0.2) is 0 Å². The molecular formula is C12H23ClN4. The molecule has 0 saturated carbocycles. The van der Waals surface area contributed by atoms with Gasteiger partial charge in [-0.2, -0.15) is 5.10 Å². The van der Waals surface area contributed by atoms with Gasteiger partial charge in [-0.3, -0.25) is 9.58 Å². The summed E-state index contributed by atoms with van der Waals surface area (Å²) in [7, 11) is 0. The number of likely N-dealkylation sites (tertiary alicyclic amines) is 1. The van der Waals surface area contributed by atoms with Gasteiger partial charge in [0.15, 0.2) is 0 Å². The Morgan fingerprint density at radius 2 is 2.35 bits per heavy atom. The van der Waals surface area contributed by atoms with Gasteiger partial charge < -0.3 is 5.73 Å². The zero-order valence-corrected chi connectivity index (χ0v) is 11.3. The summed E-state index contributed by atoms with van der Waals surface area (Å²) in [6.07, 6.45) is 6.70. The number of piperidine rings is 1. The van der Waals surface area contributed by atoms with E-state index < -0.39 is 0 Å². The van der Waals surface area contributed by atoms with Crippen LogP contribution in [-0.2, 0) is 13.1 Å². The van der Waals surface area contributed by atoms with E-state index in [0.29, 0.717) is 5.92 Å². The molecule has 0 aliphatic carbocycles. The third kappa shape index (κ3) is 3.98. The lowest BCUT2D eigenvalue weighted by atomic mass is 9.98. The Morgan fingerprint density at radius 1 is 1.53 bits per heavy atom. The Bertz CT molecular complexity index is 326. The fraction of sp³-hybridized carbons (Fsp3) is 0.750. The number of nitrogens with two attached hydrogens (primary N) is 1. The van der Waals surface area contributed by atoms with E-state index in [1.165, 1.54) is 24.9 Å². The van der Waals surface area contributed by atoms with E-state index in [0.717, 1.165) is 26.2 Å². The highest BCUT2D eigenvalue weighted by Crippen LogP contribution is 2.17. The molecule has 1 aliphatic heterocycles. The maximum atomic E-state index is 5.74. The minimum atomic E-state index is 0. The average molecular weight is 259 g/mol. The van der Waals surface area contributed by atoms with Crippen LogP contribution in [0.25, 0.3) is 0 Å². The fourth-order valence-electron chi connectivity index (χ4n) is 2.41. The topological polar surface area (TPSA) is 47.1 Å². The number of nitrogens with zero attached hydrogens (tertiary/aromatic N) is 3. The zero-order valence-electron chi connectivity index (χ0n) is 10.5. The maximum Gasteiger partial charge on any atom is 0.0534 e. The molecule has 1 aromatic heterocycles. The average Bonchev–Trinajstić information content (AvgIpc) is 2.77. The van der Waals surface area contributed by atoms with Crippen LogP contribution in [0, 0.1) is 5.92 Å². The number of hydrogen-bond donors (Lipinski definition) is 1. The molecule has 1 saturated heterocycles. The van der Waals surface area contributed by atoms with Gasteiger partial charge in [0.25, 0.3) is 0 Å². The van der Waals surface area contributed by atoms with Crippen LogP contribution in [0.15, 0.2) is 12.4 Å². The fourth-order valence-corrected chi connectivity index (χ4v) is 2.41. The molecule has 5 heteroatoms. The van der Waals surface area contributed by atoms with Crippen LogP contribution in [0.2, 0.25) is 0 Å². The van der Waals surface area contributed by atoms with E-state index >= 15 is 0 Å². The summed E-state index contributed by atoms with van der Waals surface area (Å²) in [5.74, 6) is 0.690. The first-order valence-corrected chi connectivity index (χ1v) is 6.25. The molecule has 2 heterocycles. The van der Waals surface area contributed by atoms with E-state index in [4.69, 9.17) is 5.73 Å². The second-order valence-corrected chi connectivity index (χ2v) is 4.68. The van der Waals surface area contributed by atoms with Gasteiger partial charge in [0.1, 0.15) is 0 Å². The molecule has 1 aromatic rings. The Balaban J connectivity index is 0.00000144. The summed E-state index contributed by atoms with van der Waals surface area (Å²) in [5, 5.41) is 4.30. The summed E-state index contributed by atoms with van der Waals surface area (Å²) in [6.45, 7) is 7.26. The minimum absolute atomic E-state index is 0. The van der Waals surface area contributed by atoms with E-state index in [1.54, 1.807) is 0 Å². The second-order valence-electron chi connectivity index (χ2n) is 4.68. The van der Waals surface area contributed by atoms with Crippen LogP contribution in [0.1, 0.15) is 25.3 Å². The Kier molecular flexibility index (Phi) is 5.95. The molecular weight excluding hydrogens is 236 g/mol. The molecule has 17 heavy (non-hydrogen) atoms. The SMILES string of the molecule is CCn1cc(CN2CCCC(CN)C2)cn1.Cl. The molecule has 0 aromatic carbocycles. The van der Waals surface area contributed by atoms with Crippen molar-refractivity contribution in [1.29, 1.82) is 0 Å². The summed E-state index contributed by atoms with van der Waals surface area (Å²) >= 11 is 0. The van der Waals surface area contributed by atoms with Crippen LogP contribution in [-0.4, -0.2) is 34.3 Å². The van der Waals surface area contributed by atoms with E-state index in [1.807, 2.05) is 10.9 Å². The third-order valence-electron chi connectivity index (χ3n) is 3.35. The normalized spacial score (nSPS) is 21.2. The molecule has 0 radical (unpaired) electrons. The van der Waals surface area contributed by atoms with Crippen molar-refractivity contribution in [1.82, 2.24) is 14.7 Å². The van der Waals surface area contributed by atoms with Crippen molar-refractivity contribution in [2.24, 2.45) is 11.7 Å². The molecule has 1 aliphatic rings. The molecule has 1 fully saturated rings. The van der Waals surface area contributed by atoms with Crippen LogP contribution >= 0.6 is 12.4 Å². The number of aryl methyl sites for hydroxylation is 1. The van der Waals surface area contributed by atoms with Gasteiger partial charge in [-0.05, 0) is 38.8 Å². The highest BCUT2D eigenvalue weighted by molar-refractivity contribution is 5.85. The van der Waals surface area contributed by atoms with Gasteiger partial charge >= 0.3 is 0 Å². The maximum absolute atomic E-state index is 5.74. The van der Waals surface area contributed by atoms with Gasteiger partial charge in [-0.15, -0.1) is 12.4 Å². The predicted octanol–water partition coefficient (Wildman–Crippen LogP) is 1.50. The van der Waals surface area contributed by atoms with Crippen LogP contribution in [0.5, 0.6) is 0 Å². The predicted molar refractivity (Wildman–Crippen MR) is 72.2 cm³/mol. The summed E-state index contributed by atoms with van der Waals surface area (Å²) in [5.41, 5.74) is 7.06. The first-order valence-electron chi connectivity index (χ1n) is 6.25. The van der Waals surface area contributed by atoms with Gasteiger partial charge in [-0.1, -0.05) is 0 Å². The lowest BCUT2D eigenvalue weighted by molar-refractivity contribution is 0.171. The molecule has 4 nitrogen and oxygen atoms in total. The lowest BCUT2D eigenvalue weighted by Crippen LogP contribution is -2.37. The second kappa shape index (κ2) is 6.99. The first-order chi connectivity index (χ1) is 7.81. The van der Waals surface area contributed by atoms with Crippen LogP contribution < -0.4 is 5.73 Å². The summed E-state index contributed by atoms with van der Waals surface area (Å²) in [6, 6.07) is 0. The third-order valence-corrected chi connectivity index (χ3v) is 3.35. The Hall–Kier alpha value is -0.580. The molecule has 0 amide bonds.